The van der Waals surface area contributed by atoms with Crippen LogP contribution < -0.4 is 0 Å². The van der Waals surface area contributed by atoms with Crippen molar-refractivity contribution in [3.63, 3.8) is 0 Å². The molecule has 4 aliphatic rings. The maximum Gasteiger partial charge on any atom is 0.303 e. The summed E-state index contributed by atoms with van der Waals surface area (Å²) >= 11 is 0. The fourth-order valence-electron chi connectivity index (χ4n) is 10.1. The van der Waals surface area contributed by atoms with Gasteiger partial charge in [-0.25, -0.2) is 0 Å². The molecule has 4 rings (SSSR count). The van der Waals surface area contributed by atoms with Gasteiger partial charge in [-0.3, -0.25) is 9.59 Å². The molecule has 0 aliphatic heterocycles. The molecule has 8 atom stereocenters. The molecule has 5 heteroatoms. The molecule has 3 fully saturated rings. The molecule has 0 bridgehead atoms. The Kier molecular flexibility index (Phi) is 7.15. The van der Waals surface area contributed by atoms with Gasteiger partial charge in [0.05, 0.1) is 11.7 Å². The minimum absolute atomic E-state index is 0.135. The van der Waals surface area contributed by atoms with Crippen LogP contribution in [0, 0.1) is 39.4 Å². The number of aliphatic hydroxyl groups is 2. The van der Waals surface area contributed by atoms with Crippen LogP contribution in [-0.4, -0.2) is 39.8 Å². The van der Waals surface area contributed by atoms with Crippen molar-refractivity contribution in [2.75, 3.05) is 0 Å². The highest BCUT2D eigenvalue weighted by Gasteiger charge is 2.66. The first kappa shape index (κ1) is 28.8. The van der Waals surface area contributed by atoms with Crippen molar-refractivity contribution < 1.29 is 24.5 Å². The number of ketones is 1. The van der Waals surface area contributed by atoms with Crippen LogP contribution in [0.25, 0.3) is 0 Å². The van der Waals surface area contributed by atoms with E-state index in [2.05, 4.69) is 41.5 Å². The highest BCUT2D eigenvalue weighted by Crippen LogP contribution is 2.74. The van der Waals surface area contributed by atoms with Gasteiger partial charge in [-0.15, -0.1) is 0 Å². The van der Waals surface area contributed by atoms with E-state index in [1.54, 1.807) is 19.4 Å². The topological polar surface area (TPSA) is 83.8 Å². The van der Waals surface area contributed by atoms with E-state index in [1.165, 1.54) is 25.3 Å². The molecule has 2 N–H and O–H groups in total. The van der Waals surface area contributed by atoms with Crippen LogP contribution in [0.5, 0.6) is 0 Å². The average molecular weight is 517 g/mol. The van der Waals surface area contributed by atoms with Gasteiger partial charge in [0.1, 0.15) is 5.78 Å². The van der Waals surface area contributed by atoms with Crippen molar-refractivity contribution in [2.45, 2.75) is 138 Å². The monoisotopic (exact) mass is 516 g/mol. The van der Waals surface area contributed by atoms with Gasteiger partial charge in [0.25, 0.3) is 0 Å². The largest absolute Gasteiger partial charge is 0.457 e. The van der Waals surface area contributed by atoms with Gasteiger partial charge in [0.15, 0.2) is 6.10 Å². The average Bonchev–Trinajstić information content (AvgIpc) is 3.12. The van der Waals surface area contributed by atoms with Crippen LogP contribution in [0.4, 0.5) is 0 Å². The van der Waals surface area contributed by atoms with Gasteiger partial charge in [-0.2, -0.15) is 0 Å². The third-order valence-corrected chi connectivity index (χ3v) is 12.2. The Morgan fingerprint density at radius 2 is 1.68 bits per heavy atom. The minimum atomic E-state index is -1.32. The first-order chi connectivity index (χ1) is 16.9. The molecular weight excluding hydrogens is 464 g/mol. The summed E-state index contributed by atoms with van der Waals surface area (Å²) in [7, 11) is 0. The molecule has 0 amide bonds. The lowest BCUT2D eigenvalue weighted by molar-refractivity contribution is -0.180. The summed E-state index contributed by atoms with van der Waals surface area (Å²) in [6, 6.07) is 0. The van der Waals surface area contributed by atoms with E-state index in [-0.39, 0.29) is 27.6 Å². The van der Waals surface area contributed by atoms with Crippen LogP contribution >= 0.6 is 0 Å². The van der Waals surface area contributed by atoms with Crippen LogP contribution in [0.3, 0.4) is 0 Å². The Labute approximate surface area is 224 Å². The standard InChI is InChI=1S/C32H52O5/c1-19(18-23(34)27(29(5,6)36)37-20(2)33)21-12-16-31(8)22(21)10-11-25-30(7)15-14-26(35)28(3,4)24(30)13-17-32(25,31)9/h19,23-25,27,34,36H,10-18H2,1-9H3/t19-,23+,24+,25+,27-,30+,31+,32+/m1/s1. The van der Waals surface area contributed by atoms with E-state index in [4.69, 9.17) is 4.74 Å². The van der Waals surface area contributed by atoms with Crippen LogP contribution in [0.2, 0.25) is 0 Å². The summed E-state index contributed by atoms with van der Waals surface area (Å²) < 4.78 is 5.36. The molecule has 0 radical (unpaired) electrons. The van der Waals surface area contributed by atoms with Gasteiger partial charge in [0.2, 0.25) is 0 Å². The van der Waals surface area contributed by atoms with Gasteiger partial charge in [-0.1, -0.05) is 52.7 Å². The van der Waals surface area contributed by atoms with Crippen molar-refractivity contribution in [2.24, 2.45) is 39.4 Å². The maximum atomic E-state index is 12.9. The summed E-state index contributed by atoms with van der Waals surface area (Å²) in [6.07, 6.45) is 7.10. The predicted octanol–water partition coefficient (Wildman–Crippen LogP) is 6.39. The van der Waals surface area contributed by atoms with E-state index in [0.29, 0.717) is 24.0 Å². The Morgan fingerprint density at radius 3 is 2.27 bits per heavy atom. The van der Waals surface area contributed by atoms with Crippen molar-refractivity contribution >= 4 is 11.8 Å². The number of hydrogen-bond acceptors (Lipinski definition) is 5. The Balaban J connectivity index is 1.61. The molecule has 3 saturated carbocycles. The number of carbonyl (C=O) groups excluding carboxylic acids is 2. The molecule has 4 aliphatic carbocycles. The molecule has 210 valence electrons. The molecule has 0 spiro atoms. The molecule has 0 aromatic carbocycles. The van der Waals surface area contributed by atoms with Crippen molar-refractivity contribution in [1.82, 2.24) is 0 Å². The number of ether oxygens (including phenoxy) is 1. The SMILES string of the molecule is CC(=O)O[C@H]([C@@H](O)C[C@@H](C)C1=C2CC[C@H]3[C@@]4(C)CCC(=O)C(C)(C)[C@@H]4CC[C@]3(C)[C@@]2(C)CC1)C(C)(C)O. The Hall–Kier alpha value is -1.20. The third-order valence-electron chi connectivity index (χ3n) is 12.2. The number of aliphatic hydroxyl groups excluding tert-OH is 1. The lowest BCUT2D eigenvalue weighted by Gasteiger charge is -2.68. The summed E-state index contributed by atoms with van der Waals surface area (Å²) in [5.41, 5.74) is 2.08. The van der Waals surface area contributed by atoms with Crippen LogP contribution in [-0.2, 0) is 14.3 Å². The van der Waals surface area contributed by atoms with E-state index in [0.717, 1.165) is 38.5 Å². The van der Waals surface area contributed by atoms with Gasteiger partial charge < -0.3 is 14.9 Å². The molecule has 37 heavy (non-hydrogen) atoms. The third kappa shape index (κ3) is 4.35. The second kappa shape index (κ2) is 9.18. The number of fused-ring (bicyclic) bond motifs is 5. The number of carbonyl (C=O) groups is 2. The summed E-state index contributed by atoms with van der Waals surface area (Å²) in [5, 5.41) is 21.6. The summed E-state index contributed by atoms with van der Waals surface area (Å²) in [6.45, 7) is 18.6. The van der Waals surface area contributed by atoms with Crippen LogP contribution in [0.15, 0.2) is 11.1 Å². The zero-order valence-electron chi connectivity index (χ0n) is 24.9. The zero-order valence-corrected chi connectivity index (χ0v) is 24.9. The second-order valence-electron chi connectivity index (χ2n) is 15.0. The Bertz CT molecular complexity index is 972. The number of hydrogen-bond donors (Lipinski definition) is 2. The molecular formula is C32H52O5. The highest BCUT2D eigenvalue weighted by atomic mass is 16.6. The summed E-state index contributed by atoms with van der Waals surface area (Å²) in [4.78, 5) is 24.6. The Morgan fingerprint density at radius 1 is 1.03 bits per heavy atom. The smallest absolute Gasteiger partial charge is 0.303 e. The number of esters is 1. The zero-order chi connectivity index (χ0) is 27.8. The van der Waals surface area contributed by atoms with Gasteiger partial charge >= 0.3 is 5.97 Å². The minimum Gasteiger partial charge on any atom is -0.457 e. The first-order valence-corrected chi connectivity index (χ1v) is 14.7. The van der Waals surface area contributed by atoms with E-state index in [9.17, 15) is 19.8 Å². The maximum absolute atomic E-state index is 12.9. The van der Waals surface area contributed by atoms with Gasteiger partial charge in [-0.05, 0) is 99.2 Å². The predicted molar refractivity (Wildman–Crippen MR) is 146 cm³/mol. The molecule has 0 saturated heterocycles. The molecule has 5 nitrogen and oxygen atoms in total. The van der Waals surface area contributed by atoms with Crippen molar-refractivity contribution in [3.05, 3.63) is 11.1 Å². The number of Topliss-reactive ketones (excluding diaryl/α,β-unsaturated/α-hetero) is 1. The lowest BCUT2D eigenvalue weighted by Crippen LogP contribution is -2.62. The molecule has 0 heterocycles. The number of allylic oxidation sites excluding steroid dienone is 2. The fourth-order valence-corrected chi connectivity index (χ4v) is 10.1. The quantitative estimate of drug-likeness (QED) is 0.315. The van der Waals surface area contributed by atoms with Gasteiger partial charge in [0, 0.05) is 18.8 Å². The van der Waals surface area contributed by atoms with E-state index >= 15 is 0 Å². The van der Waals surface area contributed by atoms with E-state index in [1.807, 2.05) is 0 Å². The fraction of sp³-hybridized carbons (Fsp3) is 0.875. The molecule has 0 aromatic heterocycles. The van der Waals surface area contributed by atoms with Crippen molar-refractivity contribution in [3.8, 4) is 0 Å². The first-order valence-electron chi connectivity index (χ1n) is 14.7. The van der Waals surface area contributed by atoms with Crippen LogP contribution in [0.1, 0.15) is 120 Å². The van der Waals surface area contributed by atoms with Crippen molar-refractivity contribution in [1.29, 1.82) is 0 Å². The second-order valence-corrected chi connectivity index (χ2v) is 15.0. The van der Waals surface area contributed by atoms with E-state index < -0.39 is 23.8 Å². The highest BCUT2D eigenvalue weighted by molar-refractivity contribution is 5.85. The molecule has 0 unspecified atom stereocenters. The number of rotatable bonds is 6. The summed E-state index contributed by atoms with van der Waals surface area (Å²) in [5.74, 6) is 1.20. The molecule has 0 aromatic rings. The normalized spacial score (nSPS) is 39.8. The lowest BCUT2D eigenvalue weighted by atomic mass is 9.36.